The molecule has 0 atom stereocenters. The lowest BCUT2D eigenvalue weighted by atomic mass is 10.3. The van der Waals surface area contributed by atoms with Crippen molar-refractivity contribution in [3.8, 4) is 11.8 Å². The quantitative estimate of drug-likeness (QED) is 0.526. The fourth-order valence-corrected chi connectivity index (χ4v) is 0.945. The van der Waals surface area contributed by atoms with Crippen molar-refractivity contribution in [3.63, 3.8) is 0 Å². The topological polar surface area (TPSA) is 12.9 Å². The molecule has 0 N–H and O–H groups in total. The Morgan fingerprint density at radius 2 is 2.25 bits per heavy atom. The van der Waals surface area contributed by atoms with E-state index in [1.165, 1.54) is 18.4 Å². The van der Waals surface area contributed by atoms with E-state index in [-0.39, 0.29) is 0 Å². The molecule has 0 radical (unpaired) electrons. The molecule has 0 bridgehead atoms. The zero-order chi connectivity index (χ0) is 8.39. The van der Waals surface area contributed by atoms with E-state index in [9.17, 15) is 0 Å². The molecule has 0 unspecified atom stereocenters. The van der Waals surface area contributed by atoms with Gasteiger partial charge in [-0.15, -0.1) is 0 Å². The van der Waals surface area contributed by atoms with E-state index in [1.807, 2.05) is 25.3 Å². The minimum atomic E-state index is 0.660. The molecule has 1 heterocycles. The Morgan fingerprint density at radius 3 is 2.83 bits per heavy atom. The fraction of sp³-hybridized carbons (Fsp3) is 0.364. The van der Waals surface area contributed by atoms with Crippen LogP contribution in [0.5, 0.6) is 0 Å². The zero-order valence-corrected chi connectivity index (χ0v) is 7.17. The van der Waals surface area contributed by atoms with Gasteiger partial charge in [-0.05, 0) is 37.3 Å². The lowest BCUT2D eigenvalue weighted by Crippen LogP contribution is -1.82. The molecular formula is C11H11N. The predicted octanol–water partition coefficient (Wildman–Crippen LogP) is 2.15. The average Bonchev–Trinajstić information content (AvgIpc) is 2.87. The summed E-state index contributed by atoms with van der Waals surface area (Å²) < 4.78 is 0. The molecule has 1 aliphatic carbocycles. The van der Waals surface area contributed by atoms with Crippen molar-refractivity contribution in [1.82, 2.24) is 4.98 Å². The van der Waals surface area contributed by atoms with Crippen LogP contribution < -0.4 is 0 Å². The van der Waals surface area contributed by atoms with Gasteiger partial charge in [-0.3, -0.25) is 0 Å². The van der Waals surface area contributed by atoms with Gasteiger partial charge in [-0.1, -0.05) is 12.0 Å². The monoisotopic (exact) mass is 157 g/mol. The van der Waals surface area contributed by atoms with Crippen LogP contribution in [0.4, 0.5) is 0 Å². The van der Waals surface area contributed by atoms with Crippen LogP contribution in [-0.4, -0.2) is 4.98 Å². The third-order valence-corrected chi connectivity index (χ3v) is 1.89. The first-order valence-corrected chi connectivity index (χ1v) is 4.29. The molecule has 1 aromatic rings. The first kappa shape index (κ1) is 7.36. The van der Waals surface area contributed by atoms with Gasteiger partial charge in [0, 0.05) is 12.1 Å². The number of hydrogen-bond acceptors (Lipinski definition) is 1. The maximum absolute atomic E-state index is 4.20. The van der Waals surface area contributed by atoms with Crippen molar-refractivity contribution < 1.29 is 0 Å². The van der Waals surface area contributed by atoms with Crippen LogP contribution >= 0.6 is 0 Å². The molecule has 2 rings (SSSR count). The lowest BCUT2D eigenvalue weighted by molar-refractivity contribution is 1.17. The Hall–Kier alpha value is -1.29. The van der Waals surface area contributed by atoms with E-state index in [1.54, 1.807) is 0 Å². The molecule has 1 saturated carbocycles. The SMILES string of the molecule is Cc1ccc(C#CC2CC2)nc1. The number of pyridine rings is 1. The zero-order valence-electron chi connectivity index (χ0n) is 7.17. The van der Waals surface area contributed by atoms with Gasteiger partial charge < -0.3 is 0 Å². The minimum absolute atomic E-state index is 0.660. The molecule has 0 spiro atoms. The Balaban J connectivity index is 2.13. The molecule has 0 aromatic carbocycles. The summed E-state index contributed by atoms with van der Waals surface area (Å²) in [4.78, 5) is 4.20. The van der Waals surface area contributed by atoms with Crippen LogP contribution in [0.15, 0.2) is 18.3 Å². The molecular weight excluding hydrogens is 146 g/mol. The summed E-state index contributed by atoms with van der Waals surface area (Å²) in [5.74, 6) is 6.91. The van der Waals surface area contributed by atoms with Crippen molar-refractivity contribution in [2.75, 3.05) is 0 Å². The molecule has 0 saturated heterocycles. The molecule has 0 aliphatic heterocycles. The Morgan fingerprint density at radius 1 is 1.42 bits per heavy atom. The van der Waals surface area contributed by atoms with Crippen molar-refractivity contribution >= 4 is 0 Å². The maximum Gasteiger partial charge on any atom is 0.113 e. The number of hydrogen-bond donors (Lipinski definition) is 0. The predicted molar refractivity (Wildman–Crippen MR) is 48.6 cm³/mol. The molecule has 1 aromatic heterocycles. The summed E-state index contributed by atoms with van der Waals surface area (Å²) in [5, 5.41) is 0. The lowest BCUT2D eigenvalue weighted by Gasteiger charge is -1.89. The Labute approximate surface area is 72.8 Å². The number of rotatable bonds is 0. The van der Waals surface area contributed by atoms with E-state index in [0.29, 0.717) is 5.92 Å². The van der Waals surface area contributed by atoms with Crippen LogP contribution in [0.2, 0.25) is 0 Å². The molecule has 1 nitrogen and oxygen atoms in total. The second-order valence-electron chi connectivity index (χ2n) is 3.26. The van der Waals surface area contributed by atoms with Gasteiger partial charge in [0.1, 0.15) is 5.69 Å². The van der Waals surface area contributed by atoms with Crippen LogP contribution in [-0.2, 0) is 0 Å². The normalized spacial score (nSPS) is 15.1. The van der Waals surface area contributed by atoms with Gasteiger partial charge >= 0.3 is 0 Å². The summed E-state index contributed by atoms with van der Waals surface area (Å²) >= 11 is 0. The van der Waals surface area contributed by atoms with Crippen LogP contribution in [0, 0.1) is 24.7 Å². The van der Waals surface area contributed by atoms with Crippen molar-refractivity contribution in [2.45, 2.75) is 19.8 Å². The standard InChI is InChI=1S/C11H11N/c1-9-2-6-11(12-8-9)7-5-10-3-4-10/h2,6,8,10H,3-4H2,1H3. The van der Waals surface area contributed by atoms with E-state index in [2.05, 4.69) is 16.8 Å². The summed E-state index contributed by atoms with van der Waals surface area (Å²) in [5.41, 5.74) is 2.08. The van der Waals surface area contributed by atoms with E-state index >= 15 is 0 Å². The minimum Gasteiger partial charge on any atom is -0.248 e. The molecule has 1 fully saturated rings. The highest BCUT2D eigenvalue weighted by atomic mass is 14.7. The van der Waals surface area contributed by atoms with Crippen molar-refractivity contribution in [1.29, 1.82) is 0 Å². The molecule has 1 aliphatic rings. The van der Waals surface area contributed by atoms with Gasteiger partial charge in [-0.25, -0.2) is 4.98 Å². The van der Waals surface area contributed by atoms with Gasteiger partial charge in [0.25, 0.3) is 0 Å². The molecule has 60 valence electrons. The van der Waals surface area contributed by atoms with Gasteiger partial charge in [0.05, 0.1) is 0 Å². The summed E-state index contributed by atoms with van der Waals surface area (Å²) in [7, 11) is 0. The second-order valence-corrected chi connectivity index (χ2v) is 3.26. The highest BCUT2D eigenvalue weighted by Gasteiger charge is 2.17. The number of aryl methyl sites for hydroxylation is 1. The maximum atomic E-state index is 4.20. The average molecular weight is 157 g/mol. The molecule has 0 amide bonds. The molecule has 12 heavy (non-hydrogen) atoms. The fourth-order valence-electron chi connectivity index (χ4n) is 0.945. The first-order chi connectivity index (χ1) is 5.84. The third kappa shape index (κ3) is 1.85. The summed E-state index contributed by atoms with van der Waals surface area (Å²) in [6.07, 6.45) is 4.41. The van der Waals surface area contributed by atoms with Crippen LogP contribution in [0.3, 0.4) is 0 Å². The summed E-state index contributed by atoms with van der Waals surface area (Å²) in [6, 6.07) is 4.02. The van der Waals surface area contributed by atoms with E-state index < -0.39 is 0 Å². The van der Waals surface area contributed by atoms with Gasteiger partial charge in [0.15, 0.2) is 0 Å². The Bertz CT molecular complexity index is 322. The summed E-state index contributed by atoms with van der Waals surface area (Å²) in [6.45, 7) is 2.03. The van der Waals surface area contributed by atoms with E-state index in [4.69, 9.17) is 0 Å². The number of nitrogens with zero attached hydrogens (tertiary/aromatic N) is 1. The van der Waals surface area contributed by atoms with Crippen LogP contribution in [0.1, 0.15) is 24.1 Å². The molecule has 1 heteroatoms. The second kappa shape index (κ2) is 2.98. The van der Waals surface area contributed by atoms with Gasteiger partial charge in [-0.2, -0.15) is 0 Å². The first-order valence-electron chi connectivity index (χ1n) is 4.29. The highest BCUT2D eigenvalue weighted by molar-refractivity contribution is 5.30. The smallest absolute Gasteiger partial charge is 0.113 e. The number of aromatic nitrogens is 1. The third-order valence-electron chi connectivity index (χ3n) is 1.89. The van der Waals surface area contributed by atoms with Gasteiger partial charge in [0.2, 0.25) is 0 Å². The highest BCUT2D eigenvalue weighted by Crippen LogP contribution is 2.27. The largest absolute Gasteiger partial charge is 0.248 e. The van der Waals surface area contributed by atoms with E-state index in [0.717, 1.165) is 5.69 Å². The Kier molecular flexibility index (Phi) is 1.83. The van der Waals surface area contributed by atoms with Crippen molar-refractivity contribution in [3.05, 3.63) is 29.6 Å². The van der Waals surface area contributed by atoms with Crippen LogP contribution in [0.25, 0.3) is 0 Å². The van der Waals surface area contributed by atoms with Crippen molar-refractivity contribution in [2.24, 2.45) is 5.92 Å².